The Labute approximate surface area is 102 Å². The number of rotatable bonds is 6. The van der Waals surface area contributed by atoms with Crippen molar-refractivity contribution in [1.29, 1.82) is 0 Å². The van der Waals surface area contributed by atoms with E-state index in [4.69, 9.17) is 5.73 Å². The molecule has 0 aliphatic carbocycles. The fourth-order valence-electron chi connectivity index (χ4n) is 1.26. The molecule has 17 heavy (non-hydrogen) atoms. The number of pyridine rings is 1. The van der Waals surface area contributed by atoms with Crippen LogP contribution in [0.25, 0.3) is 0 Å². The van der Waals surface area contributed by atoms with Gasteiger partial charge in [-0.1, -0.05) is 6.92 Å². The second-order valence-electron chi connectivity index (χ2n) is 3.97. The van der Waals surface area contributed by atoms with E-state index in [0.717, 1.165) is 12.2 Å². The van der Waals surface area contributed by atoms with Crippen molar-refractivity contribution in [3.8, 4) is 0 Å². The Morgan fingerprint density at radius 3 is 2.82 bits per heavy atom. The van der Waals surface area contributed by atoms with E-state index < -0.39 is 0 Å². The average molecular weight is 236 g/mol. The fourth-order valence-corrected chi connectivity index (χ4v) is 1.26. The summed E-state index contributed by atoms with van der Waals surface area (Å²) in [4.78, 5) is 15.5. The van der Waals surface area contributed by atoms with Crippen molar-refractivity contribution in [2.24, 2.45) is 5.73 Å². The van der Waals surface area contributed by atoms with Crippen LogP contribution in [0, 0.1) is 0 Å². The third-order valence-electron chi connectivity index (χ3n) is 2.43. The Bertz CT molecular complexity index is 350. The van der Waals surface area contributed by atoms with E-state index in [1.807, 2.05) is 12.1 Å². The van der Waals surface area contributed by atoms with E-state index in [9.17, 15) is 4.79 Å². The molecule has 1 atom stereocenters. The van der Waals surface area contributed by atoms with Crippen LogP contribution in [-0.4, -0.2) is 23.5 Å². The molecule has 0 radical (unpaired) electrons. The molecule has 1 aromatic heterocycles. The van der Waals surface area contributed by atoms with Crippen LogP contribution in [0.2, 0.25) is 0 Å². The number of nitrogens with two attached hydrogens (primary N) is 1. The molecule has 0 spiro atoms. The van der Waals surface area contributed by atoms with Gasteiger partial charge in [-0.3, -0.25) is 4.79 Å². The molecule has 5 nitrogen and oxygen atoms in total. The maximum atomic E-state index is 11.3. The molecule has 0 saturated carbocycles. The molecular weight excluding hydrogens is 216 g/mol. The van der Waals surface area contributed by atoms with Gasteiger partial charge in [0.2, 0.25) is 5.91 Å². The van der Waals surface area contributed by atoms with Crippen molar-refractivity contribution in [2.75, 3.05) is 17.2 Å². The molecule has 0 aromatic carbocycles. The zero-order valence-electron chi connectivity index (χ0n) is 10.4. The lowest BCUT2D eigenvalue weighted by molar-refractivity contribution is -0.116. The van der Waals surface area contributed by atoms with Crippen molar-refractivity contribution in [1.82, 2.24) is 4.98 Å². The molecular formula is C12H20N4O. The molecule has 1 heterocycles. The highest BCUT2D eigenvalue weighted by Crippen LogP contribution is 2.11. The van der Waals surface area contributed by atoms with Crippen LogP contribution in [0.1, 0.15) is 26.7 Å². The predicted octanol–water partition coefficient (Wildman–Crippen LogP) is 1.58. The Kier molecular flexibility index (Phi) is 5.42. The quantitative estimate of drug-likeness (QED) is 0.700. The van der Waals surface area contributed by atoms with Gasteiger partial charge in [0.05, 0.1) is 11.9 Å². The van der Waals surface area contributed by atoms with Crippen LogP contribution < -0.4 is 16.4 Å². The standard InChI is InChI=1S/C12H20N4O/c1-3-9(2)15-11-5-4-10(8-14-11)16-12(17)6-7-13/h4-5,8-9H,3,6-7,13H2,1-2H3,(H,14,15)(H,16,17). The highest BCUT2D eigenvalue weighted by atomic mass is 16.1. The van der Waals surface area contributed by atoms with Crippen LogP contribution >= 0.6 is 0 Å². The Morgan fingerprint density at radius 1 is 1.53 bits per heavy atom. The number of aromatic nitrogens is 1. The summed E-state index contributed by atoms with van der Waals surface area (Å²) in [5.41, 5.74) is 5.98. The number of amides is 1. The molecule has 4 N–H and O–H groups in total. The number of hydrogen-bond acceptors (Lipinski definition) is 4. The highest BCUT2D eigenvalue weighted by Gasteiger charge is 2.02. The number of hydrogen-bond donors (Lipinski definition) is 3. The normalized spacial score (nSPS) is 11.9. The van der Waals surface area contributed by atoms with E-state index in [1.54, 1.807) is 6.20 Å². The van der Waals surface area contributed by atoms with Crippen molar-refractivity contribution >= 4 is 17.4 Å². The molecule has 0 aliphatic heterocycles. The summed E-state index contributed by atoms with van der Waals surface area (Å²) < 4.78 is 0. The molecule has 1 aromatic rings. The van der Waals surface area contributed by atoms with E-state index in [2.05, 4.69) is 29.5 Å². The summed E-state index contributed by atoms with van der Waals surface area (Å²) in [6, 6.07) is 4.07. The lowest BCUT2D eigenvalue weighted by Crippen LogP contribution is -2.17. The van der Waals surface area contributed by atoms with Gasteiger partial charge in [-0.15, -0.1) is 0 Å². The Morgan fingerprint density at radius 2 is 2.29 bits per heavy atom. The molecule has 0 fully saturated rings. The van der Waals surface area contributed by atoms with Gasteiger partial charge in [-0.2, -0.15) is 0 Å². The molecule has 1 unspecified atom stereocenters. The average Bonchev–Trinajstić information content (AvgIpc) is 2.32. The van der Waals surface area contributed by atoms with Crippen LogP contribution in [0.3, 0.4) is 0 Å². The maximum Gasteiger partial charge on any atom is 0.225 e. The van der Waals surface area contributed by atoms with E-state index in [-0.39, 0.29) is 5.91 Å². The summed E-state index contributed by atoms with van der Waals surface area (Å²) in [6.07, 6.45) is 3.00. The third kappa shape index (κ3) is 4.82. The second kappa shape index (κ2) is 6.85. The van der Waals surface area contributed by atoms with Crippen LogP contribution in [0.15, 0.2) is 18.3 Å². The van der Waals surface area contributed by atoms with Crippen molar-refractivity contribution in [3.05, 3.63) is 18.3 Å². The summed E-state index contributed by atoms with van der Waals surface area (Å²) in [5.74, 6) is 0.730. The minimum Gasteiger partial charge on any atom is -0.368 e. The lowest BCUT2D eigenvalue weighted by Gasteiger charge is -2.12. The van der Waals surface area contributed by atoms with Gasteiger partial charge in [0.1, 0.15) is 5.82 Å². The molecule has 5 heteroatoms. The number of anilines is 2. The summed E-state index contributed by atoms with van der Waals surface area (Å²) in [7, 11) is 0. The second-order valence-corrected chi connectivity index (χ2v) is 3.97. The van der Waals surface area contributed by atoms with Crippen molar-refractivity contribution < 1.29 is 4.79 Å². The molecule has 0 aliphatic rings. The maximum absolute atomic E-state index is 11.3. The number of nitrogens with one attached hydrogen (secondary N) is 2. The van der Waals surface area contributed by atoms with Crippen molar-refractivity contribution in [3.63, 3.8) is 0 Å². The first-order chi connectivity index (χ1) is 8.15. The molecule has 94 valence electrons. The molecule has 0 saturated heterocycles. The SMILES string of the molecule is CCC(C)Nc1ccc(NC(=O)CCN)cn1. The smallest absolute Gasteiger partial charge is 0.225 e. The van der Waals surface area contributed by atoms with Crippen LogP contribution in [0.5, 0.6) is 0 Å². The Hall–Kier alpha value is -1.62. The highest BCUT2D eigenvalue weighted by molar-refractivity contribution is 5.90. The van der Waals surface area contributed by atoms with Gasteiger partial charge in [-0.25, -0.2) is 4.98 Å². The minimum atomic E-state index is -0.0862. The first-order valence-electron chi connectivity index (χ1n) is 5.88. The van der Waals surface area contributed by atoms with Gasteiger partial charge in [-0.05, 0) is 25.5 Å². The first-order valence-corrected chi connectivity index (χ1v) is 5.88. The number of carbonyl (C=O) groups excluding carboxylic acids is 1. The minimum absolute atomic E-state index is 0.0862. The first kappa shape index (κ1) is 13.4. The predicted molar refractivity (Wildman–Crippen MR) is 69.9 cm³/mol. The summed E-state index contributed by atoms with van der Waals surface area (Å²) >= 11 is 0. The fraction of sp³-hybridized carbons (Fsp3) is 0.500. The lowest BCUT2D eigenvalue weighted by atomic mass is 10.2. The zero-order valence-corrected chi connectivity index (χ0v) is 10.4. The number of nitrogens with zero attached hydrogens (tertiary/aromatic N) is 1. The number of carbonyl (C=O) groups is 1. The zero-order chi connectivity index (χ0) is 12.7. The van der Waals surface area contributed by atoms with Crippen molar-refractivity contribution in [2.45, 2.75) is 32.7 Å². The summed E-state index contributed by atoms with van der Waals surface area (Å²) in [6.45, 7) is 4.56. The van der Waals surface area contributed by atoms with Gasteiger partial charge in [0.15, 0.2) is 0 Å². The van der Waals surface area contributed by atoms with Gasteiger partial charge in [0.25, 0.3) is 0 Å². The molecule has 1 amide bonds. The van der Waals surface area contributed by atoms with Crippen LogP contribution in [-0.2, 0) is 4.79 Å². The monoisotopic (exact) mass is 236 g/mol. The van der Waals surface area contributed by atoms with E-state index in [1.165, 1.54) is 0 Å². The molecule has 1 rings (SSSR count). The van der Waals surface area contributed by atoms with Gasteiger partial charge >= 0.3 is 0 Å². The largest absolute Gasteiger partial charge is 0.368 e. The Balaban J connectivity index is 2.52. The van der Waals surface area contributed by atoms with Crippen LogP contribution in [0.4, 0.5) is 11.5 Å². The summed E-state index contributed by atoms with van der Waals surface area (Å²) in [5, 5.41) is 5.98. The molecule has 0 bridgehead atoms. The van der Waals surface area contributed by atoms with Gasteiger partial charge < -0.3 is 16.4 Å². The third-order valence-corrected chi connectivity index (χ3v) is 2.43. The topological polar surface area (TPSA) is 80.0 Å². The van der Waals surface area contributed by atoms with Gasteiger partial charge in [0, 0.05) is 19.0 Å². The van der Waals surface area contributed by atoms with E-state index >= 15 is 0 Å². The van der Waals surface area contributed by atoms with E-state index in [0.29, 0.717) is 24.7 Å².